The van der Waals surface area contributed by atoms with Crippen LogP contribution in [-0.2, 0) is 17.6 Å². The molecule has 1 N–H and O–H groups in total. The summed E-state index contributed by atoms with van der Waals surface area (Å²) >= 11 is 0. The first-order chi connectivity index (χ1) is 15.5. The molecule has 170 valence electrons. The number of hydrogen-bond acceptors (Lipinski definition) is 4. The number of benzene rings is 1. The van der Waals surface area contributed by atoms with Crippen molar-refractivity contribution < 1.29 is 4.79 Å². The number of H-pyrrole nitrogens is 1. The molecule has 5 rings (SSSR count). The van der Waals surface area contributed by atoms with Gasteiger partial charge in [-0.05, 0) is 63.5 Å². The molecule has 32 heavy (non-hydrogen) atoms. The highest BCUT2D eigenvalue weighted by molar-refractivity contribution is 5.79. The molecular weight excluding hydrogens is 400 g/mol. The van der Waals surface area contributed by atoms with Gasteiger partial charge in [-0.3, -0.25) is 14.5 Å². The summed E-state index contributed by atoms with van der Waals surface area (Å²) in [5.74, 6) is 1.70. The third-order valence-corrected chi connectivity index (χ3v) is 7.93. The van der Waals surface area contributed by atoms with E-state index in [9.17, 15) is 9.59 Å². The molecule has 6 heteroatoms. The number of carbonyl (C=O) groups excluding carboxylic acids is 1. The Morgan fingerprint density at radius 2 is 1.91 bits per heavy atom. The van der Waals surface area contributed by atoms with Gasteiger partial charge in [-0.1, -0.05) is 36.8 Å². The quantitative estimate of drug-likeness (QED) is 0.803. The van der Waals surface area contributed by atoms with Gasteiger partial charge in [0.2, 0.25) is 5.91 Å². The minimum atomic E-state index is -0.180. The maximum atomic E-state index is 13.3. The predicted molar refractivity (Wildman–Crippen MR) is 124 cm³/mol. The van der Waals surface area contributed by atoms with E-state index in [1.54, 1.807) is 6.92 Å². The van der Waals surface area contributed by atoms with Crippen molar-refractivity contribution in [2.75, 3.05) is 19.6 Å². The number of amides is 1. The summed E-state index contributed by atoms with van der Waals surface area (Å²) in [6.07, 6.45) is 6.23. The lowest BCUT2D eigenvalue weighted by Crippen LogP contribution is -2.64. The van der Waals surface area contributed by atoms with Crippen molar-refractivity contribution in [1.29, 1.82) is 0 Å². The van der Waals surface area contributed by atoms with E-state index in [-0.39, 0.29) is 17.9 Å². The van der Waals surface area contributed by atoms with E-state index in [2.05, 4.69) is 50.1 Å². The van der Waals surface area contributed by atoms with Gasteiger partial charge in [0, 0.05) is 36.4 Å². The third kappa shape index (κ3) is 4.13. The number of piperidine rings is 3. The van der Waals surface area contributed by atoms with Crippen LogP contribution >= 0.6 is 0 Å². The maximum absolute atomic E-state index is 13.3. The zero-order valence-corrected chi connectivity index (χ0v) is 19.2. The number of nitrogens with one attached hydrogen (secondary N) is 1. The lowest BCUT2D eigenvalue weighted by atomic mass is 9.71. The van der Waals surface area contributed by atoms with E-state index >= 15 is 0 Å². The first kappa shape index (κ1) is 21.4. The molecule has 1 aromatic heterocycles. The highest BCUT2D eigenvalue weighted by atomic mass is 16.2. The number of aryl methyl sites for hydroxylation is 2. The van der Waals surface area contributed by atoms with E-state index in [4.69, 9.17) is 0 Å². The molecule has 4 heterocycles. The van der Waals surface area contributed by atoms with Crippen molar-refractivity contribution >= 4 is 5.91 Å². The van der Waals surface area contributed by atoms with Crippen molar-refractivity contribution in [3.63, 3.8) is 0 Å². The summed E-state index contributed by atoms with van der Waals surface area (Å²) in [7, 11) is 0. The molecule has 3 fully saturated rings. The molecule has 0 unspecified atom stereocenters. The minimum Gasteiger partial charge on any atom is -0.342 e. The molecule has 6 nitrogen and oxygen atoms in total. The van der Waals surface area contributed by atoms with Gasteiger partial charge in [-0.15, -0.1) is 0 Å². The largest absolute Gasteiger partial charge is 0.342 e. The summed E-state index contributed by atoms with van der Waals surface area (Å²) in [5.41, 5.74) is 2.38. The van der Waals surface area contributed by atoms with Gasteiger partial charge in [0.25, 0.3) is 5.56 Å². The Bertz CT molecular complexity index is 1030. The number of fused-ring (bicyclic) bond motifs is 4. The molecule has 0 radical (unpaired) electrons. The average molecular weight is 435 g/mol. The molecule has 2 bridgehead atoms. The summed E-state index contributed by atoms with van der Waals surface area (Å²) in [4.78, 5) is 37.8. The lowest BCUT2D eigenvalue weighted by Gasteiger charge is -2.57. The summed E-state index contributed by atoms with van der Waals surface area (Å²) < 4.78 is 0. The van der Waals surface area contributed by atoms with E-state index in [1.807, 2.05) is 6.92 Å². The van der Waals surface area contributed by atoms with Crippen molar-refractivity contribution in [3.8, 4) is 0 Å². The fourth-order valence-corrected chi connectivity index (χ4v) is 6.47. The molecule has 0 aliphatic carbocycles. The molecule has 1 amide bonds. The van der Waals surface area contributed by atoms with Crippen LogP contribution in [-0.4, -0.2) is 57.4 Å². The van der Waals surface area contributed by atoms with Crippen LogP contribution in [0.15, 0.2) is 35.1 Å². The van der Waals surface area contributed by atoms with Gasteiger partial charge in [0.15, 0.2) is 0 Å². The second-order valence-corrected chi connectivity index (χ2v) is 10.0. The van der Waals surface area contributed by atoms with Gasteiger partial charge in [0.05, 0.1) is 6.42 Å². The van der Waals surface area contributed by atoms with Crippen molar-refractivity contribution in [1.82, 2.24) is 19.8 Å². The van der Waals surface area contributed by atoms with E-state index in [0.717, 1.165) is 19.5 Å². The average Bonchev–Trinajstić information content (AvgIpc) is 2.79. The van der Waals surface area contributed by atoms with Crippen LogP contribution in [0.5, 0.6) is 0 Å². The number of carbonyl (C=O) groups is 1. The predicted octanol–water partition coefficient (Wildman–Crippen LogP) is 2.87. The van der Waals surface area contributed by atoms with Crippen LogP contribution < -0.4 is 5.56 Å². The fraction of sp³-hybridized carbons (Fsp3) is 0.577. The zero-order chi connectivity index (χ0) is 22.2. The molecule has 3 aliphatic rings. The van der Waals surface area contributed by atoms with Crippen molar-refractivity contribution in [2.45, 2.75) is 64.5 Å². The summed E-state index contributed by atoms with van der Waals surface area (Å²) in [6.45, 7) is 6.41. The molecule has 3 aliphatic heterocycles. The molecule has 4 atom stereocenters. The van der Waals surface area contributed by atoms with Crippen LogP contribution in [0.2, 0.25) is 0 Å². The number of nitrogens with zero attached hydrogens (tertiary/aromatic N) is 3. The molecule has 1 aromatic carbocycles. The van der Waals surface area contributed by atoms with Crippen molar-refractivity contribution in [2.24, 2.45) is 11.8 Å². The van der Waals surface area contributed by atoms with E-state index < -0.39 is 0 Å². The Labute approximate surface area is 190 Å². The molecule has 0 saturated carbocycles. The Kier molecular flexibility index (Phi) is 5.89. The maximum Gasteiger partial charge on any atom is 0.254 e. The molecular formula is C26H34N4O2. The smallest absolute Gasteiger partial charge is 0.254 e. The van der Waals surface area contributed by atoms with Gasteiger partial charge in [0.1, 0.15) is 5.82 Å². The van der Waals surface area contributed by atoms with Gasteiger partial charge in [-0.2, -0.15) is 0 Å². The normalized spacial score (nSPS) is 27.8. The van der Waals surface area contributed by atoms with Crippen LogP contribution in [0.25, 0.3) is 0 Å². The summed E-state index contributed by atoms with van der Waals surface area (Å²) in [5, 5.41) is 0. The first-order valence-electron chi connectivity index (χ1n) is 12.1. The standard InChI is InChI=1S/C26H34N4O2/c1-17-22(26(32)28-18(2)27-17)14-25(31)29-15-20-13-21(16-29)24(12-19-8-4-3-5-9-19)30-11-7-6-10-23(20)30/h3-5,8-9,20-21,23-24H,6-7,10-16H2,1-2H3,(H,27,28,32)/t20-,21+,23+,24+/m1/s1. The van der Waals surface area contributed by atoms with Crippen LogP contribution in [0.1, 0.15) is 48.3 Å². The van der Waals surface area contributed by atoms with Crippen LogP contribution in [0, 0.1) is 25.7 Å². The second kappa shape index (κ2) is 8.81. The number of rotatable bonds is 4. The first-order valence-corrected chi connectivity index (χ1v) is 12.1. The second-order valence-electron chi connectivity index (χ2n) is 10.0. The molecule has 2 aromatic rings. The molecule has 3 saturated heterocycles. The number of aromatic amines is 1. The van der Waals surface area contributed by atoms with Gasteiger partial charge >= 0.3 is 0 Å². The third-order valence-electron chi connectivity index (χ3n) is 7.93. The highest BCUT2D eigenvalue weighted by Crippen LogP contribution is 2.42. The number of aromatic nitrogens is 2. The Morgan fingerprint density at radius 3 is 2.69 bits per heavy atom. The Hall–Kier alpha value is -2.47. The number of likely N-dealkylation sites (tertiary alicyclic amines) is 1. The van der Waals surface area contributed by atoms with Gasteiger partial charge in [-0.25, -0.2) is 4.98 Å². The van der Waals surface area contributed by atoms with E-state index in [0.29, 0.717) is 41.0 Å². The Balaban J connectivity index is 1.37. The SMILES string of the molecule is Cc1nc(C)c(CC(=O)N2C[C@H]3C[C@@H](C2)[C@H](Cc2ccccc2)N2CCCC[C@@H]32)c(=O)[nH]1. The fourth-order valence-electron chi connectivity index (χ4n) is 6.47. The van der Waals surface area contributed by atoms with Gasteiger partial charge < -0.3 is 9.88 Å². The molecule has 0 spiro atoms. The zero-order valence-electron chi connectivity index (χ0n) is 19.2. The van der Waals surface area contributed by atoms with Crippen LogP contribution in [0.4, 0.5) is 0 Å². The monoisotopic (exact) mass is 434 g/mol. The highest BCUT2D eigenvalue weighted by Gasteiger charge is 2.47. The minimum absolute atomic E-state index is 0.0710. The summed E-state index contributed by atoms with van der Waals surface area (Å²) in [6, 6.07) is 11.9. The topological polar surface area (TPSA) is 69.3 Å². The van der Waals surface area contributed by atoms with E-state index in [1.165, 1.54) is 37.8 Å². The van der Waals surface area contributed by atoms with Crippen molar-refractivity contribution in [3.05, 3.63) is 63.3 Å². The lowest BCUT2D eigenvalue weighted by molar-refractivity contribution is -0.140. The number of hydrogen-bond donors (Lipinski definition) is 1. The van der Waals surface area contributed by atoms with Crippen LogP contribution in [0.3, 0.4) is 0 Å². The Morgan fingerprint density at radius 1 is 1.12 bits per heavy atom.